The van der Waals surface area contributed by atoms with Gasteiger partial charge in [-0.3, -0.25) is 9.79 Å². The van der Waals surface area contributed by atoms with Crippen LogP contribution in [0.25, 0.3) is 0 Å². The fraction of sp³-hybridized carbons (Fsp3) is 0.579. The quantitative estimate of drug-likeness (QED) is 0.371. The lowest BCUT2D eigenvalue weighted by molar-refractivity contribution is -0.149. The number of aryl methyl sites for hydroxylation is 1. The monoisotopic (exact) mass is 349 g/mol. The van der Waals surface area contributed by atoms with Gasteiger partial charge >= 0.3 is 5.97 Å². The highest BCUT2D eigenvalue weighted by atomic mass is 19.1. The van der Waals surface area contributed by atoms with Crippen LogP contribution < -0.4 is 5.32 Å². The SMILES string of the molecule is CCOC(=O)C1CCCN(C(=NC)NCCCc2cccc(F)c2)C1. The van der Waals surface area contributed by atoms with Gasteiger partial charge in [-0.05, 0) is 50.3 Å². The second kappa shape index (κ2) is 10.0. The average Bonchev–Trinajstić information content (AvgIpc) is 2.62. The fourth-order valence-electron chi connectivity index (χ4n) is 3.14. The number of esters is 1. The topological polar surface area (TPSA) is 53.9 Å². The molecule has 1 unspecified atom stereocenters. The molecule has 0 amide bonds. The molecule has 1 aliphatic heterocycles. The van der Waals surface area contributed by atoms with Crippen LogP contribution in [0.3, 0.4) is 0 Å². The zero-order valence-electron chi connectivity index (χ0n) is 15.1. The maximum absolute atomic E-state index is 13.2. The fourth-order valence-corrected chi connectivity index (χ4v) is 3.14. The van der Waals surface area contributed by atoms with E-state index in [0.717, 1.165) is 50.3 Å². The summed E-state index contributed by atoms with van der Waals surface area (Å²) in [6.45, 7) is 4.53. The Hall–Kier alpha value is -2.11. The van der Waals surface area contributed by atoms with E-state index in [9.17, 15) is 9.18 Å². The molecule has 0 spiro atoms. The molecule has 1 atom stereocenters. The Morgan fingerprint density at radius 2 is 2.32 bits per heavy atom. The van der Waals surface area contributed by atoms with Crippen LogP contribution >= 0.6 is 0 Å². The molecule has 1 saturated heterocycles. The van der Waals surface area contributed by atoms with Crippen molar-refractivity contribution in [1.29, 1.82) is 0 Å². The molecule has 1 aromatic carbocycles. The maximum Gasteiger partial charge on any atom is 0.310 e. The van der Waals surface area contributed by atoms with Gasteiger partial charge < -0.3 is 15.0 Å². The first kappa shape index (κ1) is 19.2. The summed E-state index contributed by atoms with van der Waals surface area (Å²) in [4.78, 5) is 18.4. The lowest BCUT2D eigenvalue weighted by atomic mass is 9.98. The number of aliphatic imine (C=N–C) groups is 1. The third-order valence-corrected chi connectivity index (χ3v) is 4.37. The number of piperidine rings is 1. The molecule has 0 aliphatic carbocycles. The molecule has 25 heavy (non-hydrogen) atoms. The summed E-state index contributed by atoms with van der Waals surface area (Å²) in [5, 5.41) is 3.35. The number of hydrogen-bond donors (Lipinski definition) is 1. The Balaban J connectivity index is 1.78. The molecule has 138 valence electrons. The molecule has 0 saturated carbocycles. The number of nitrogens with one attached hydrogen (secondary N) is 1. The van der Waals surface area contributed by atoms with Crippen molar-refractivity contribution in [3.63, 3.8) is 0 Å². The Morgan fingerprint density at radius 1 is 1.48 bits per heavy atom. The minimum atomic E-state index is -0.195. The number of halogens is 1. The molecule has 0 radical (unpaired) electrons. The molecule has 1 heterocycles. The Bertz CT molecular complexity index is 592. The Labute approximate surface area is 149 Å². The summed E-state index contributed by atoms with van der Waals surface area (Å²) in [7, 11) is 1.75. The number of guanidine groups is 1. The molecule has 1 N–H and O–H groups in total. The lowest BCUT2D eigenvalue weighted by Gasteiger charge is -2.34. The standard InChI is InChI=1S/C19H28FN3O2/c1-3-25-18(24)16-9-6-12-23(14-16)19(21-2)22-11-5-8-15-7-4-10-17(20)13-15/h4,7,10,13,16H,3,5-6,8-9,11-12,14H2,1-2H3,(H,21,22). The highest BCUT2D eigenvalue weighted by Gasteiger charge is 2.28. The van der Waals surface area contributed by atoms with Gasteiger partial charge in [0.15, 0.2) is 5.96 Å². The van der Waals surface area contributed by atoms with Gasteiger partial charge in [-0.1, -0.05) is 12.1 Å². The number of likely N-dealkylation sites (tertiary alicyclic amines) is 1. The van der Waals surface area contributed by atoms with Crippen LogP contribution in [0.4, 0.5) is 4.39 Å². The summed E-state index contributed by atoms with van der Waals surface area (Å²) in [5.41, 5.74) is 0.997. The van der Waals surface area contributed by atoms with Crippen LogP contribution in [-0.2, 0) is 16.0 Å². The van der Waals surface area contributed by atoms with E-state index in [1.165, 1.54) is 6.07 Å². The number of carbonyl (C=O) groups excluding carboxylic acids is 1. The van der Waals surface area contributed by atoms with Crippen molar-refractivity contribution in [3.8, 4) is 0 Å². The molecule has 1 aliphatic rings. The molecule has 1 fully saturated rings. The summed E-state index contributed by atoms with van der Waals surface area (Å²) >= 11 is 0. The predicted octanol–water partition coefficient (Wildman–Crippen LogP) is 2.61. The first-order valence-electron chi connectivity index (χ1n) is 9.00. The van der Waals surface area contributed by atoms with Gasteiger partial charge in [0.2, 0.25) is 0 Å². The molecule has 1 aromatic rings. The van der Waals surface area contributed by atoms with E-state index in [1.54, 1.807) is 19.2 Å². The van der Waals surface area contributed by atoms with E-state index in [0.29, 0.717) is 13.2 Å². The number of carbonyl (C=O) groups is 1. The van der Waals surface area contributed by atoms with Gasteiger partial charge in [0.25, 0.3) is 0 Å². The van der Waals surface area contributed by atoms with E-state index in [4.69, 9.17) is 4.74 Å². The first-order chi connectivity index (χ1) is 12.1. The third-order valence-electron chi connectivity index (χ3n) is 4.37. The molecule has 2 rings (SSSR count). The predicted molar refractivity (Wildman–Crippen MR) is 97.0 cm³/mol. The Morgan fingerprint density at radius 3 is 3.04 bits per heavy atom. The van der Waals surface area contributed by atoms with Crippen LogP contribution in [-0.4, -0.2) is 50.1 Å². The van der Waals surface area contributed by atoms with Gasteiger partial charge in [-0.25, -0.2) is 4.39 Å². The Kier molecular flexibility index (Phi) is 7.70. The molecular formula is C19H28FN3O2. The van der Waals surface area contributed by atoms with E-state index in [-0.39, 0.29) is 17.7 Å². The normalized spacial score (nSPS) is 18.1. The van der Waals surface area contributed by atoms with E-state index < -0.39 is 0 Å². The molecule has 6 heteroatoms. The number of nitrogens with zero attached hydrogens (tertiary/aromatic N) is 2. The summed E-state index contributed by atoms with van der Waals surface area (Å²) in [6.07, 6.45) is 3.52. The summed E-state index contributed by atoms with van der Waals surface area (Å²) in [5.74, 6) is 0.418. The van der Waals surface area contributed by atoms with Crippen LogP contribution in [0.5, 0.6) is 0 Å². The van der Waals surface area contributed by atoms with Crippen molar-refractivity contribution in [2.75, 3.05) is 33.3 Å². The highest BCUT2D eigenvalue weighted by molar-refractivity contribution is 5.81. The van der Waals surface area contributed by atoms with Crippen molar-refractivity contribution >= 4 is 11.9 Å². The maximum atomic E-state index is 13.2. The van der Waals surface area contributed by atoms with Crippen molar-refractivity contribution in [2.24, 2.45) is 10.9 Å². The molecule has 0 bridgehead atoms. The smallest absolute Gasteiger partial charge is 0.310 e. The van der Waals surface area contributed by atoms with Crippen LogP contribution in [0.1, 0.15) is 31.7 Å². The van der Waals surface area contributed by atoms with Gasteiger partial charge in [0.1, 0.15) is 5.82 Å². The zero-order chi connectivity index (χ0) is 18.1. The van der Waals surface area contributed by atoms with Crippen molar-refractivity contribution in [3.05, 3.63) is 35.6 Å². The minimum absolute atomic E-state index is 0.0838. The number of ether oxygens (including phenoxy) is 1. The zero-order valence-corrected chi connectivity index (χ0v) is 15.1. The van der Waals surface area contributed by atoms with Gasteiger partial charge in [0, 0.05) is 26.7 Å². The van der Waals surface area contributed by atoms with E-state index in [1.807, 2.05) is 13.0 Å². The van der Waals surface area contributed by atoms with Gasteiger partial charge in [0.05, 0.1) is 12.5 Å². The first-order valence-corrected chi connectivity index (χ1v) is 9.00. The molecular weight excluding hydrogens is 321 g/mol. The molecule has 0 aromatic heterocycles. The highest BCUT2D eigenvalue weighted by Crippen LogP contribution is 2.18. The second-order valence-corrected chi connectivity index (χ2v) is 6.24. The molecule has 5 nitrogen and oxygen atoms in total. The largest absolute Gasteiger partial charge is 0.466 e. The van der Waals surface area contributed by atoms with Gasteiger partial charge in [-0.15, -0.1) is 0 Å². The minimum Gasteiger partial charge on any atom is -0.466 e. The average molecular weight is 349 g/mol. The number of benzene rings is 1. The van der Waals surface area contributed by atoms with E-state index >= 15 is 0 Å². The van der Waals surface area contributed by atoms with Gasteiger partial charge in [-0.2, -0.15) is 0 Å². The lowest BCUT2D eigenvalue weighted by Crippen LogP contribution is -2.48. The summed E-state index contributed by atoms with van der Waals surface area (Å²) in [6, 6.07) is 6.70. The van der Waals surface area contributed by atoms with Crippen LogP contribution in [0, 0.1) is 11.7 Å². The van der Waals surface area contributed by atoms with Crippen molar-refractivity contribution in [1.82, 2.24) is 10.2 Å². The van der Waals surface area contributed by atoms with Crippen LogP contribution in [0.15, 0.2) is 29.3 Å². The van der Waals surface area contributed by atoms with Crippen LogP contribution in [0.2, 0.25) is 0 Å². The van der Waals surface area contributed by atoms with Crippen molar-refractivity contribution < 1.29 is 13.9 Å². The second-order valence-electron chi connectivity index (χ2n) is 6.24. The number of rotatable bonds is 6. The van der Waals surface area contributed by atoms with Crippen molar-refractivity contribution in [2.45, 2.75) is 32.6 Å². The number of hydrogen-bond acceptors (Lipinski definition) is 3. The van der Waals surface area contributed by atoms with E-state index in [2.05, 4.69) is 15.2 Å². The summed E-state index contributed by atoms with van der Waals surface area (Å²) < 4.78 is 18.3. The third kappa shape index (κ3) is 6.03.